The number of amides is 2. The van der Waals surface area contributed by atoms with Crippen molar-refractivity contribution in [3.63, 3.8) is 0 Å². The van der Waals surface area contributed by atoms with Crippen molar-refractivity contribution in [2.75, 3.05) is 23.9 Å². The number of esters is 1. The number of benzene rings is 4. The van der Waals surface area contributed by atoms with Gasteiger partial charge in [-0.05, 0) is 66.9 Å². The lowest BCUT2D eigenvalue weighted by Gasteiger charge is -2.23. The van der Waals surface area contributed by atoms with Crippen molar-refractivity contribution in [1.82, 2.24) is 0 Å². The number of rotatable bonds is 6. The van der Waals surface area contributed by atoms with Crippen molar-refractivity contribution in [3.05, 3.63) is 108 Å². The third-order valence-electron chi connectivity index (χ3n) is 5.58. The van der Waals surface area contributed by atoms with Crippen molar-refractivity contribution in [1.29, 1.82) is 0 Å². The maximum atomic E-state index is 13.3. The van der Waals surface area contributed by atoms with E-state index in [1.165, 1.54) is 19.2 Å². The van der Waals surface area contributed by atoms with Crippen molar-refractivity contribution < 1.29 is 19.1 Å². The molecule has 0 unspecified atom stereocenters. The molecule has 0 aliphatic rings. The fourth-order valence-electron chi connectivity index (χ4n) is 3.80. The van der Waals surface area contributed by atoms with Gasteiger partial charge in [-0.25, -0.2) is 4.79 Å². The van der Waals surface area contributed by atoms with E-state index in [0.717, 1.165) is 16.5 Å². The number of anilines is 2. The van der Waals surface area contributed by atoms with E-state index in [1.807, 2.05) is 49.4 Å². The van der Waals surface area contributed by atoms with Crippen LogP contribution in [0.4, 0.5) is 11.4 Å². The molecule has 0 saturated carbocycles. The molecule has 0 spiro atoms. The molecule has 0 atom stereocenters. The molecule has 6 nitrogen and oxygen atoms in total. The predicted molar refractivity (Wildman–Crippen MR) is 133 cm³/mol. The summed E-state index contributed by atoms with van der Waals surface area (Å²) in [5.74, 6) is -0.895. The first-order chi connectivity index (χ1) is 16.5. The SMILES string of the molecule is CCN(C(=O)c1ccc(NC(=O)c2ccc(C(=O)OC)cc2)cc1)c1cccc2ccccc12. The fourth-order valence-corrected chi connectivity index (χ4v) is 3.80. The zero-order valence-electron chi connectivity index (χ0n) is 18.9. The number of nitrogens with one attached hydrogen (secondary N) is 1. The molecule has 4 rings (SSSR count). The van der Waals surface area contributed by atoms with Gasteiger partial charge in [0.1, 0.15) is 0 Å². The van der Waals surface area contributed by atoms with E-state index in [0.29, 0.717) is 28.9 Å². The summed E-state index contributed by atoms with van der Waals surface area (Å²) < 4.78 is 4.67. The normalized spacial score (nSPS) is 10.5. The molecule has 4 aromatic rings. The summed E-state index contributed by atoms with van der Waals surface area (Å²) in [6, 6.07) is 26.9. The summed E-state index contributed by atoms with van der Waals surface area (Å²) in [6.07, 6.45) is 0. The lowest BCUT2D eigenvalue weighted by molar-refractivity contribution is 0.0600. The lowest BCUT2D eigenvalue weighted by Crippen LogP contribution is -2.30. The average Bonchev–Trinajstić information content (AvgIpc) is 2.89. The minimum absolute atomic E-state index is 0.116. The zero-order valence-corrected chi connectivity index (χ0v) is 18.9. The van der Waals surface area contributed by atoms with Gasteiger partial charge in [-0.2, -0.15) is 0 Å². The van der Waals surface area contributed by atoms with Gasteiger partial charge >= 0.3 is 5.97 Å². The molecule has 0 aliphatic carbocycles. The van der Waals surface area contributed by atoms with Crippen LogP contribution in [0.2, 0.25) is 0 Å². The van der Waals surface area contributed by atoms with Crippen LogP contribution >= 0.6 is 0 Å². The molecule has 0 bridgehead atoms. The lowest BCUT2D eigenvalue weighted by atomic mass is 10.1. The van der Waals surface area contributed by atoms with Crippen LogP contribution in [0.5, 0.6) is 0 Å². The van der Waals surface area contributed by atoms with E-state index < -0.39 is 5.97 Å². The number of hydrogen-bond donors (Lipinski definition) is 1. The number of carbonyl (C=O) groups excluding carboxylic acids is 3. The Labute approximate surface area is 197 Å². The standard InChI is InChI=1S/C28H24N2O4/c1-3-30(25-10-6-8-19-7-4-5-9-24(19)25)27(32)21-15-17-23(18-16-21)29-26(31)20-11-13-22(14-12-20)28(33)34-2/h4-18H,3H2,1-2H3,(H,29,31). The maximum Gasteiger partial charge on any atom is 0.337 e. The highest BCUT2D eigenvalue weighted by atomic mass is 16.5. The number of ether oxygens (including phenoxy) is 1. The molecule has 2 amide bonds. The number of methoxy groups -OCH3 is 1. The first-order valence-electron chi connectivity index (χ1n) is 10.9. The van der Waals surface area contributed by atoms with Gasteiger partial charge in [0.2, 0.25) is 0 Å². The molecule has 0 aliphatic heterocycles. The van der Waals surface area contributed by atoms with Gasteiger partial charge < -0.3 is 15.0 Å². The Kier molecular flexibility index (Phi) is 6.69. The molecule has 170 valence electrons. The molecule has 0 radical (unpaired) electrons. The zero-order chi connectivity index (χ0) is 24.1. The number of carbonyl (C=O) groups is 3. The molecule has 1 N–H and O–H groups in total. The molecule has 4 aromatic carbocycles. The molecular weight excluding hydrogens is 428 g/mol. The van der Waals surface area contributed by atoms with Crippen LogP contribution in [0.15, 0.2) is 91.0 Å². The van der Waals surface area contributed by atoms with Crippen LogP contribution in [0.25, 0.3) is 10.8 Å². The van der Waals surface area contributed by atoms with Gasteiger partial charge in [0.05, 0.1) is 18.4 Å². The summed E-state index contributed by atoms with van der Waals surface area (Å²) in [7, 11) is 1.30. The van der Waals surface area contributed by atoms with Gasteiger partial charge in [0, 0.05) is 28.7 Å². The Bertz CT molecular complexity index is 1340. The van der Waals surface area contributed by atoms with Gasteiger partial charge in [0.25, 0.3) is 11.8 Å². The fraction of sp³-hybridized carbons (Fsp3) is 0.107. The minimum atomic E-state index is -0.461. The molecule has 0 fully saturated rings. The summed E-state index contributed by atoms with van der Waals surface area (Å²) in [4.78, 5) is 39.1. The second kappa shape index (κ2) is 10.0. The summed E-state index contributed by atoms with van der Waals surface area (Å²) >= 11 is 0. The topological polar surface area (TPSA) is 75.7 Å². The highest BCUT2D eigenvalue weighted by Gasteiger charge is 2.18. The van der Waals surface area contributed by atoms with E-state index in [9.17, 15) is 14.4 Å². The van der Waals surface area contributed by atoms with E-state index >= 15 is 0 Å². The predicted octanol–water partition coefficient (Wildman–Crippen LogP) is 5.55. The maximum absolute atomic E-state index is 13.3. The number of fused-ring (bicyclic) bond motifs is 1. The van der Waals surface area contributed by atoms with E-state index in [4.69, 9.17) is 0 Å². The first-order valence-corrected chi connectivity index (χ1v) is 10.9. The Balaban J connectivity index is 1.49. The largest absolute Gasteiger partial charge is 0.465 e. The number of hydrogen-bond acceptors (Lipinski definition) is 4. The van der Waals surface area contributed by atoms with Crippen LogP contribution in [0, 0.1) is 0 Å². The third kappa shape index (κ3) is 4.66. The quantitative estimate of drug-likeness (QED) is 0.390. The Hall–Kier alpha value is -4.45. The molecule has 0 heterocycles. The van der Waals surface area contributed by atoms with Crippen molar-refractivity contribution in [2.24, 2.45) is 0 Å². The van der Waals surface area contributed by atoms with Crippen LogP contribution in [-0.2, 0) is 4.74 Å². The van der Waals surface area contributed by atoms with Crippen LogP contribution in [0.3, 0.4) is 0 Å². The molecular formula is C28H24N2O4. The highest BCUT2D eigenvalue weighted by Crippen LogP contribution is 2.28. The third-order valence-corrected chi connectivity index (χ3v) is 5.58. The van der Waals surface area contributed by atoms with Gasteiger partial charge in [-0.15, -0.1) is 0 Å². The second-order valence-corrected chi connectivity index (χ2v) is 7.65. The number of nitrogens with zero attached hydrogens (tertiary/aromatic N) is 1. The average molecular weight is 453 g/mol. The van der Waals surface area contributed by atoms with Crippen molar-refractivity contribution >= 4 is 39.9 Å². The van der Waals surface area contributed by atoms with E-state index in [-0.39, 0.29) is 11.8 Å². The van der Waals surface area contributed by atoms with E-state index in [2.05, 4.69) is 10.1 Å². The minimum Gasteiger partial charge on any atom is -0.465 e. The molecule has 34 heavy (non-hydrogen) atoms. The Morgan fingerprint density at radius 3 is 2.06 bits per heavy atom. The summed E-state index contributed by atoms with van der Waals surface area (Å²) in [5, 5.41) is 4.90. The van der Waals surface area contributed by atoms with E-state index in [1.54, 1.807) is 41.3 Å². The van der Waals surface area contributed by atoms with Crippen LogP contribution < -0.4 is 10.2 Å². The van der Waals surface area contributed by atoms with Crippen LogP contribution in [0.1, 0.15) is 38.0 Å². The molecule has 0 saturated heterocycles. The Morgan fingerprint density at radius 2 is 1.38 bits per heavy atom. The van der Waals surface area contributed by atoms with Crippen molar-refractivity contribution in [3.8, 4) is 0 Å². The highest BCUT2D eigenvalue weighted by molar-refractivity contribution is 6.11. The summed E-state index contributed by atoms with van der Waals surface area (Å²) in [5.41, 5.74) is 2.72. The molecule has 0 aromatic heterocycles. The van der Waals surface area contributed by atoms with Gasteiger partial charge in [-0.1, -0.05) is 36.4 Å². The second-order valence-electron chi connectivity index (χ2n) is 7.65. The summed E-state index contributed by atoms with van der Waals surface area (Å²) in [6.45, 7) is 2.46. The Morgan fingerprint density at radius 1 is 0.765 bits per heavy atom. The first kappa shape index (κ1) is 22.7. The van der Waals surface area contributed by atoms with Crippen LogP contribution in [-0.4, -0.2) is 31.4 Å². The monoisotopic (exact) mass is 452 g/mol. The molecule has 6 heteroatoms. The van der Waals surface area contributed by atoms with Gasteiger partial charge in [0.15, 0.2) is 0 Å². The van der Waals surface area contributed by atoms with Gasteiger partial charge in [-0.3, -0.25) is 9.59 Å². The van der Waals surface area contributed by atoms with Crippen molar-refractivity contribution in [2.45, 2.75) is 6.92 Å². The smallest absolute Gasteiger partial charge is 0.337 e.